The van der Waals surface area contributed by atoms with E-state index in [4.69, 9.17) is 9.47 Å². The second-order valence-corrected chi connectivity index (χ2v) is 5.99. The summed E-state index contributed by atoms with van der Waals surface area (Å²) in [6.07, 6.45) is 0. The second kappa shape index (κ2) is 8.73. The molecule has 0 unspecified atom stereocenters. The van der Waals surface area contributed by atoms with E-state index in [9.17, 15) is 9.59 Å². The van der Waals surface area contributed by atoms with Gasteiger partial charge < -0.3 is 20.1 Å². The van der Waals surface area contributed by atoms with Gasteiger partial charge in [0.05, 0.1) is 12.8 Å². The van der Waals surface area contributed by atoms with Crippen LogP contribution in [0.1, 0.15) is 17.3 Å². The number of hydrogen-bond donors (Lipinski definition) is 2. The first kappa shape index (κ1) is 19.0. The highest BCUT2D eigenvalue weighted by Crippen LogP contribution is 2.29. The van der Waals surface area contributed by atoms with Gasteiger partial charge in [0.15, 0.2) is 0 Å². The molecular weight excluding hydrogens is 356 g/mol. The predicted molar refractivity (Wildman–Crippen MR) is 108 cm³/mol. The molecule has 0 aliphatic carbocycles. The third-order valence-electron chi connectivity index (χ3n) is 3.84. The lowest BCUT2D eigenvalue weighted by molar-refractivity contribution is -0.114. The first-order chi connectivity index (χ1) is 13.5. The molecule has 2 amide bonds. The highest BCUT2D eigenvalue weighted by atomic mass is 16.5. The fraction of sp³-hybridized carbons (Fsp3) is 0.0909. The van der Waals surface area contributed by atoms with Crippen molar-refractivity contribution in [3.63, 3.8) is 0 Å². The number of methoxy groups -OCH3 is 1. The van der Waals surface area contributed by atoms with Crippen LogP contribution in [0.5, 0.6) is 17.2 Å². The lowest BCUT2D eigenvalue weighted by Crippen LogP contribution is -2.13. The van der Waals surface area contributed by atoms with Crippen molar-refractivity contribution in [3.05, 3.63) is 78.4 Å². The molecule has 0 aromatic heterocycles. The largest absolute Gasteiger partial charge is 0.495 e. The van der Waals surface area contributed by atoms with Gasteiger partial charge in [-0.3, -0.25) is 9.59 Å². The van der Waals surface area contributed by atoms with E-state index in [-0.39, 0.29) is 11.8 Å². The highest BCUT2D eigenvalue weighted by Gasteiger charge is 2.12. The molecule has 0 saturated heterocycles. The lowest BCUT2D eigenvalue weighted by atomic mass is 10.2. The Kier molecular flexibility index (Phi) is 5.91. The van der Waals surface area contributed by atoms with Gasteiger partial charge in [0.25, 0.3) is 5.91 Å². The molecule has 0 aliphatic heterocycles. The van der Waals surface area contributed by atoms with Crippen LogP contribution in [0.25, 0.3) is 0 Å². The van der Waals surface area contributed by atoms with Gasteiger partial charge in [0, 0.05) is 18.2 Å². The number of hydrogen-bond acceptors (Lipinski definition) is 4. The Hall–Kier alpha value is -3.80. The summed E-state index contributed by atoms with van der Waals surface area (Å²) in [4.78, 5) is 24.0. The third kappa shape index (κ3) is 4.88. The molecule has 0 aliphatic rings. The Morgan fingerprint density at radius 2 is 1.57 bits per heavy atom. The van der Waals surface area contributed by atoms with E-state index in [1.165, 1.54) is 14.0 Å². The number of carbonyl (C=O) groups excluding carboxylic acids is 2. The summed E-state index contributed by atoms with van der Waals surface area (Å²) >= 11 is 0. The Labute approximate surface area is 163 Å². The third-order valence-corrected chi connectivity index (χ3v) is 3.84. The minimum absolute atomic E-state index is 0.201. The van der Waals surface area contributed by atoms with Crippen LogP contribution in [0.15, 0.2) is 72.8 Å². The summed E-state index contributed by atoms with van der Waals surface area (Å²) in [5.74, 6) is 1.20. The van der Waals surface area contributed by atoms with E-state index in [2.05, 4.69) is 10.6 Å². The number of anilines is 2. The number of amides is 2. The molecule has 142 valence electrons. The molecule has 6 heteroatoms. The van der Waals surface area contributed by atoms with E-state index >= 15 is 0 Å². The average molecular weight is 376 g/mol. The summed E-state index contributed by atoms with van der Waals surface area (Å²) < 4.78 is 11.1. The molecule has 0 bridgehead atoms. The minimum Gasteiger partial charge on any atom is -0.495 e. The van der Waals surface area contributed by atoms with Crippen LogP contribution in [-0.2, 0) is 4.79 Å². The van der Waals surface area contributed by atoms with Crippen LogP contribution < -0.4 is 20.1 Å². The van der Waals surface area contributed by atoms with E-state index < -0.39 is 0 Å². The molecule has 6 nitrogen and oxygen atoms in total. The van der Waals surface area contributed by atoms with Crippen LogP contribution >= 0.6 is 0 Å². The zero-order chi connectivity index (χ0) is 19.9. The molecule has 0 spiro atoms. The van der Waals surface area contributed by atoms with Crippen molar-refractivity contribution in [1.29, 1.82) is 0 Å². The van der Waals surface area contributed by atoms with E-state index in [0.29, 0.717) is 34.2 Å². The fourth-order valence-electron chi connectivity index (χ4n) is 2.61. The molecule has 28 heavy (non-hydrogen) atoms. The number of nitrogens with one attached hydrogen (secondary N) is 2. The standard InChI is InChI=1S/C22H20N2O4/c1-15(25)23-17-11-12-21(27-2)20(14-17)24-22(26)16-7-6-10-19(13-16)28-18-8-4-3-5-9-18/h3-14H,1-2H3,(H,23,25)(H,24,26). The van der Waals surface area contributed by atoms with Crippen molar-refractivity contribution in [1.82, 2.24) is 0 Å². The molecule has 3 rings (SSSR count). The Balaban J connectivity index is 1.79. The molecule has 0 atom stereocenters. The number of carbonyl (C=O) groups is 2. The lowest BCUT2D eigenvalue weighted by Gasteiger charge is -2.13. The fourth-order valence-corrected chi connectivity index (χ4v) is 2.61. The summed E-state index contributed by atoms with van der Waals surface area (Å²) in [5, 5.41) is 5.49. The topological polar surface area (TPSA) is 76.7 Å². The molecule has 3 aromatic rings. The van der Waals surface area contributed by atoms with Gasteiger partial charge in [-0.05, 0) is 48.5 Å². The maximum absolute atomic E-state index is 12.7. The number of benzene rings is 3. The van der Waals surface area contributed by atoms with Crippen LogP contribution in [0.2, 0.25) is 0 Å². The molecule has 0 radical (unpaired) electrons. The molecule has 3 aromatic carbocycles. The van der Waals surface area contributed by atoms with E-state index in [1.807, 2.05) is 30.3 Å². The van der Waals surface area contributed by atoms with Crippen LogP contribution in [-0.4, -0.2) is 18.9 Å². The summed E-state index contributed by atoms with van der Waals surface area (Å²) in [5.41, 5.74) is 1.44. The van der Waals surface area contributed by atoms with Crippen molar-refractivity contribution >= 4 is 23.2 Å². The molecule has 0 fully saturated rings. The highest BCUT2D eigenvalue weighted by molar-refractivity contribution is 6.05. The smallest absolute Gasteiger partial charge is 0.255 e. The second-order valence-electron chi connectivity index (χ2n) is 5.99. The van der Waals surface area contributed by atoms with Crippen molar-refractivity contribution in [2.24, 2.45) is 0 Å². The van der Waals surface area contributed by atoms with Gasteiger partial charge in [-0.15, -0.1) is 0 Å². The van der Waals surface area contributed by atoms with E-state index in [0.717, 1.165) is 0 Å². The van der Waals surface area contributed by atoms with Gasteiger partial charge in [-0.1, -0.05) is 24.3 Å². The zero-order valence-corrected chi connectivity index (χ0v) is 15.6. The van der Waals surface area contributed by atoms with Crippen LogP contribution in [0, 0.1) is 0 Å². The van der Waals surface area contributed by atoms with E-state index in [1.54, 1.807) is 42.5 Å². The summed E-state index contributed by atoms with van der Waals surface area (Å²) in [6, 6.07) is 21.2. The maximum Gasteiger partial charge on any atom is 0.255 e. The molecule has 0 saturated carbocycles. The van der Waals surface area contributed by atoms with Gasteiger partial charge in [0.1, 0.15) is 17.2 Å². The minimum atomic E-state index is -0.322. The quantitative estimate of drug-likeness (QED) is 0.654. The average Bonchev–Trinajstić information content (AvgIpc) is 2.69. The predicted octanol–water partition coefficient (Wildman–Crippen LogP) is 4.70. The first-order valence-corrected chi connectivity index (χ1v) is 8.65. The Morgan fingerprint density at radius 3 is 2.29 bits per heavy atom. The monoisotopic (exact) mass is 376 g/mol. The van der Waals surface area contributed by atoms with Crippen LogP contribution in [0.3, 0.4) is 0 Å². The summed E-state index contributed by atoms with van der Waals surface area (Å²) in [6.45, 7) is 1.42. The maximum atomic E-state index is 12.7. The Bertz CT molecular complexity index is 987. The molecule has 0 heterocycles. The molecular formula is C22H20N2O4. The Morgan fingerprint density at radius 1 is 0.821 bits per heavy atom. The number of rotatable bonds is 6. The first-order valence-electron chi connectivity index (χ1n) is 8.65. The van der Waals surface area contributed by atoms with Crippen molar-refractivity contribution < 1.29 is 19.1 Å². The van der Waals surface area contributed by atoms with Crippen molar-refractivity contribution in [2.45, 2.75) is 6.92 Å². The zero-order valence-electron chi connectivity index (χ0n) is 15.6. The number of para-hydroxylation sites is 1. The van der Waals surface area contributed by atoms with Gasteiger partial charge in [-0.2, -0.15) is 0 Å². The van der Waals surface area contributed by atoms with Gasteiger partial charge in [-0.25, -0.2) is 0 Å². The summed E-state index contributed by atoms with van der Waals surface area (Å²) in [7, 11) is 1.51. The van der Waals surface area contributed by atoms with Crippen molar-refractivity contribution in [2.75, 3.05) is 17.7 Å². The SMILES string of the molecule is COc1ccc(NC(C)=O)cc1NC(=O)c1cccc(Oc2ccccc2)c1. The van der Waals surface area contributed by atoms with Gasteiger partial charge in [0.2, 0.25) is 5.91 Å². The number of ether oxygens (including phenoxy) is 2. The normalized spacial score (nSPS) is 10.1. The van der Waals surface area contributed by atoms with Crippen molar-refractivity contribution in [3.8, 4) is 17.2 Å². The molecule has 2 N–H and O–H groups in total. The van der Waals surface area contributed by atoms with Crippen LogP contribution in [0.4, 0.5) is 11.4 Å². The van der Waals surface area contributed by atoms with Gasteiger partial charge >= 0.3 is 0 Å².